The maximum atomic E-state index is 12.1. The van der Waals surface area contributed by atoms with E-state index in [4.69, 9.17) is 0 Å². The molecule has 0 bridgehead atoms. The van der Waals surface area contributed by atoms with E-state index in [9.17, 15) is 9.59 Å². The fraction of sp³-hybridized carbons (Fsp3) is 0.353. The first-order valence-electron chi connectivity index (χ1n) is 8.34. The number of nitrogens with one attached hydrogen (secondary N) is 2. The van der Waals surface area contributed by atoms with Crippen LogP contribution in [0.25, 0.3) is 5.69 Å². The number of rotatable bonds is 5. The van der Waals surface area contributed by atoms with E-state index in [1.807, 2.05) is 12.3 Å². The zero-order valence-corrected chi connectivity index (χ0v) is 15.2. The Hall–Kier alpha value is -2.68. The van der Waals surface area contributed by atoms with E-state index in [1.165, 1.54) is 11.8 Å². The van der Waals surface area contributed by atoms with Crippen LogP contribution in [0.1, 0.15) is 19.3 Å². The van der Waals surface area contributed by atoms with Crippen LogP contribution < -0.4 is 10.6 Å². The van der Waals surface area contributed by atoms with Crippen molar-refractivity contribution in [1.82, 2.24) is 25.5 Å². The van der Waals surface area contributed by atoms with Gasteiger partial charge in [-0.05, 0) is 60.1 Å². The number of anilines is 1. The van der Waals surface area contributed by atoms with Crippen LogP contribution in [0.5, 0.6) is 0 Å². The van der Waals surface area contributed by atoms with Gasteiger partial charge >= 0.3 is 11.8 Å². The largest absolute Gasteiger partial charge is 0.348 e. The summed E-state index contributed by atoms with van der Waals surface area (Å²) in [6.45, 7) is 0.512. The number of hydrogen-bond acceptors (Lipinski definition) is 6. The minimum absolute atomic E-state index is 0.393. The number of benzene rings is 1. The lowest BCUT2D eigenvalue weighted by atomic mass is 9.94. The Balaban J connectivity index is 1.59. The second kappa shape index (κ2) is 8.61. The number of amides is 2. The molecule has 0 spiro atoms. The number of thioether (sulfide) groups is 1. The molecule has 0 radical (unpaired) electrons. The standard InChI is InChI=1S/C17H20N6O2S/c1-26-17-20-21-22-23(17)14-9-5-8-13(10-14)19-16(25)15(24)18-11-12-6-3-2-4-7-12/h2-3,5,8-10,12H,4,6-7,11H2,1H3,(H,18,24)(H,19,25). The summed E-state index contributed by atoms with van der Waals surface area (Å²) in [5.74, 6) is -0.919. The summed E-state index contributed by atoms with van der Waals surface area (Å²) in [5, 5.41) is 17.4. The van der Waals surface area contributed by atoms with Gasteiger partial charge in [0.05, 0.1) is 5.69 Å². The van der Waals surface area contributed by atoms with Gasteiger partial charge < -0.3 is 10.6 Å². The van der Waals surface area contributed by atoms with Crippen LogP contribution >= 0.6 is 11.8 Å². The van der Waals surface area contributed by atoms with Gasteiger partial charge in [0, 0.05) is 12.2 Å². The summed E-state index contributed by atoms with van der Waals surface area (Å²) in [4.78, 5) is 24.1. The molecule has 8 nitrogen and oxygen atoms in total. The molecule has 2 N–H and O–H groups in total. The molecule has 26 heavy (non-hydrogen) atoms. The Morgan fingerprint density at radius 1 is 1.31 bits per heavy atom. The van der Waals surface area contributed by atoms with E-state index in [2.05, 4.69) is 38.3 Å². The molecule has 0 fully saturated rings. The molecule has 1 unspecified atom stereocenters. The van der Waals surface area contributed by atoms with Crippen molar-refractivity contribution in [1.29, 1.82) is 0 Å². The first-order valence-corrected chi connectivity index (χ1v) is 9.57. The number of carbonyl (C=O) groups is 2. The molecule has 0 aliphatic heterocycles. The zero-order valence-electron chi connectivity index (χ0n) is 14.4. The van der Waals surface area contributed by atoms with Gasteiger partial charge in [0.2, 0.25) is 5.16 Å². The molecule has 3 rings (SSSR count). The zero-order chi connectivity index (χ0) is 18.4. The fourth-order valence-corrected chi connectivity index (χ4v) is 3.16. The second-order valence-corrected chi connectivity index (χ2v) is 6.72. The van der Waals surface area contributed by atoms with E-state index in [0.29, 0.717) is 29.0 Å². The molecule has 2 aromatic rings. The molecular formula is C17H20N6O2S. The summed E-state index contributed by atoms with van der Waals surface area (Å²) in [5.41, 5.74) is 1.21. The Morgan fingerprint density at radius 2 is 2.19 bits per heavy atom. The van der Waals surface area contributed by atoms with Gasteiger partial charge in [0.25, 0.3) is 0 Å². The Labute approximate surface area is 155 Å². The van der Waals surface area contributed by atoms with Crippen molar-refractivity contribution in [2.75, 3.05) is 18.1 Å². The molecular weight excluding hydrogens is 352 g/mol. The maximum Gasteiger partial charge on any atom is 0.313 e. The summed E-state index contributed by atoms with van der Waals surface area (Å²) in [6, 6.07) is 7.02. The molecule has 0 saturated carbocycles. The van der Waals surface area contributed by atoms with Crippen molar-refractivity contribution < 1.29 is 9.59 Å². The van der Waals surface area contributed by atoms with Gasteiger partial charge in [-0.2, -0.15) is 4.68 Å². The highest BCUT2D eigenvalue weighted by molar-refractivity contribution is 7.98. The predicted molar refractivity (Wildman–Crippen MR) is 99.1 cm³/mol. The highest BCUT2D eigenvalue weighted by Crippen LogP contribution is 2.19. The van der Waals surface area contributed by atoms with Crippen molar-refractivity contribution in [3.8, 4) is 5.69 Å². The average Bonchev–Trinajstić information content (AvgIpc) is 3.16. The van der Waals surface area contributed by atoms with Gasteiger partial charge in [0.15, 0.2) is 0 Å². The third kappa shape index (κ3) is 4.48. The third-order valence-corrected chi connectivity index (χ3v) is 4.73. The van der Waals surface area contributed by atoms with E-state index in [-0.39, 0.29) is 0 Å². The fourth-order valence-electron chi connectivity index (χ4n) is 2.73. The van der Waals surface area contributed by atoms with E-state index in [0.717, 1.165) is 19.3 Å². The SMILES string of the molecule is CSc1nnnn1-c1cccc(NC(=O)C(=O)NCC2CC=CCC2)c1. The van der Waals surface area contributed by atoms with Gasteiger partial charge in [-0.15, -0.1) is 5.10 Å². The molecule has 1 aliphatic rings. The van der Waals surface area contributed by atoms with Gasteiger partial charge in [0.1, 0.15) is 0 Å². The van der Waals surface area contributed by atoms with Crippen LogP contribution in [-0.2, 0) is 9.59 Å². The van der Waals surface area contributed by atoms with Crippen LogP contribution in [0.2, 0.25) is 0 Å². The summed E-state index contributed by atoms with van der Waals surface area (Å²) >= 11 is 1.41. The van der Waals surface area contributed by atoms with Crippen molar-refractivity contribution in [2.45, 2.75) is 24.4 Å². The molecule has 1 atom stereocenters. The van der Waals surface area contributed by atoms with E-state index in [1.54, 1.807) is 22.9 Å². The van der Waals surface area contributed by atoms with Crippen LogP contribution in [0.15, 0.2) is 41.6 Å². The smallest absolute Gasteiger partial charge is 0.313 e. The van der Waals surface area contributed by atoms with Crippen LogP contribution in [0.4, 0.5) is 5.69 Å². The normalized spacial score (nSPS) is 16.3. The van der Waals surface area contributed by atoms with Crippen LogP contribution in [0, 0.1) is 5.92 Å². The van der Waals surface area contributed by atoms with Crippen LogP contribution in [-0.4, -0.2) is 44.8 Å². The molecule has 1 aromatic carbocycles. The van der Waals surface area contributed by atoms with Crippen molar-refractivity contribution in [3.05, 3.63) is 36.4 Å². The molecule has 1 heterocycles. The van der Waals surface area contributed by atoms with Crippen molar-refractivity contribution in [2.24, 2.45) is 5.92 Å². The Kier molecular flexibility index (Phi) is 6.00. The summed E-state index contributed by atoms with van der Waals surface area (Å²) < 4.78 is 1.57. The summed E-state index contributed by atoms with van der Waals surface area (Å²) in [6.07, 6.45) is 9.13. The quantitative estimate of drug-likeness (QED) is 0.471. The first kappa shape index (κ1) is 18.1. The lowest BCUT2D eigenvalue weighted by Gasteiger charge is -2.17. The second-order valence-electron chi connectivity index (χ2n) is 5.94. The molecule has 136 valence electrons. The number of allylic oxidation sites excluding steroid dienone is 2. The number of nitrogens with zero attached hydrogens (tertiary/aromatic N) is 4. The number of tetrazole rings is 1. The van der Waals surface area contributed by atoms with Gasteiger partial charge in [-0.3, -0.25) is 9.59 Å². The first-order chi connectivity index (χ1) is 12.7. The predicted octanol–water partition coefficient (Wildman–Crippen LogP) is 1.80. The Morgan fingerprint density at radius 3 is 2.96 bits per heavy atom. The molecule has 9 heteroatoms. The van der Waals surface area contributed by atoms with E-state index < -0.39 is 11.8 Å². The molecule has 2 amide bonds. The molecule has 1 aliphatic carbocycles. The van der Waals surface area contributed by atoms with Crippen LogP contribution in [0.3, 0.4) is 0 Å². The number of hydrogen-bond donors (Lipinski definition) is 2. The number of aromatic nitrogens is 4. The summed E-state index contributed by atoms with van der Waals surface area (Å²) in [7, 11) is 0. The minimum atomic E-state index is -0.685. The van der Waals surface area contributed by atoms with E-state index >= 15 is 0 Å². The Bertz CT molecular complexity index is 819. The third-order valence-electron chi connectivity index (χ3n) is 4.11. The average molecular weight is 372 g/mol. The van der Waals surface area contributed by atoms with Gasteiger partial charge in [-0.1, -0.05) is 30.0 Å². The molecule has 1 aromatic heterocycles. The minimum Gasteiger partial charge on any atom is -0.348 e. The highest BCUT2D eigenvalue weighted by atomic mass is 32.2. The lowest BCUT2D eigenvalue weighted by Crippen LogP contribution is -2.38. The topological polar surface area (TPSA) is 102 Å². The van der Waals surface area contributed by atoms with Crippen molar-refractivity contribution in [3.63, 3.8) is 0 Å². The maximum absolute atomic E-state index is 12.1. The number of carbonyl (C=O) groups excluding carboxylic acids is 2. The van der Waals surface area contributed by atoms with Gasteiger partial charge in [-0.25, -0.2) is 0 Å². The molecule has 0 saturated heterocycles. The van der Waals surface area contributed by atoms with Crippen molar-refractivity contribution >= 4 is 29.3 Å². The lowest BCUT2D eigenvalue weighted by molar-refractivity contribution is -0.136. The highest BCUT2D eigenvalue weighted by Gasteiger charge is 2.17. The monoisotopic (exact) mass is 372 g/mol.